The van der Waals surface area contributed by atoms with Gasteiger partial charge in [0, 0.05) is 0 Å². The van der Waals surface area contributed by atoms with Crippen molar-refractivity contribution in [2.75, 3.05) is 13.2 Å². The summed E-state index contributed by atoms with van der Waals surface area (Å²) < 4.78 is 4.97. The third-order valence-electron chi connectivity index (χ3n) is 4.96. The highest BCUT2D eigenvalue weighted by molar-refractivity contribution is 5.73. The molecule has 172 valence electrons. The number of unbranched alkanes of at least 4 members (excludes halogenated alkanes) is 11. The third kappa shape index (κ3) is 14.4. The van der Waals surface area contributed by atoms with Crippen LogP contribution in [0.3, 0.4) is 0 Å². The molecule has 0 spiro atoms. The molecule has 0 saturated carbocycles. The molecule has 0 rings (SSSR count). The van der Waals surface area contributed by atoms with Crippen LogP contribution in [0, 0.1) is 0 Å². The van der Waals surface area contributed by atoms with Gasteiger partial charge in [0.25, 0.3) is 0 Å². The molecule has 0 aliphatic carbocycles. The maximum atomic E-state index is 11.7. The van der Waals surface area contributed by atoms with E-state index in [1.165, 1.54) is 57.8 Å². The van der Waals surface area contributed by atoms with Crippen LogP contribution < -0.4 is 5.32 Å². The van der Waals surface area contributed by atoms with Crippen molar-refractivity contribution >= 4 is 12.4 Å². The highest BCUT2D eigenvalue weighted by Gasteiger charge is 2.32. The molecule has 29 heavy (non-hydrogen) atoms. The molecule has 0 aliphatic heterocycles. The second-order valence-corrected chi connectivity index (χ2v) is 7.56. The summed E-state index contributed by atoms with van der Waals surface area (Å²) in [5.41, 5.74) is 0. The van der Waals surface area contributed by atoms with Crippen LogP contribution in [0.25, 0.3) is 0 Å². The fraction of sp³-hybridized carbons (Fsp3) is 0.905. The van der Waals surface area contributed by atoms with Crippen molar-refractivity contribution in [2.45, 2.75) is 108 Å². The zero-order chi connectivity index (χ0) is 21.9. The molecule has 0 unspecified atom stereocenters. The summed E-state index contributed by atoms with van der Waals surface area (Å²) in [7, 11) is 0. The molecule has 0 bridgehead atoms. The van der Waals surface area contributed by atoms with Crippen molar-refractivity contribution in [1.29, 1.82) is 0 Å². The molecule has 0 heterocycles. The number of hydrogen-bond acceptors (Lipinski definition) is 7. The van der Waals surface area contributed by atoms with E-state index in [9.17, 15) is 24.9 Å². The van der Waals surface area contributed by atoms with Crippen molar-refractivity contribution in [3.63, 3.8) is 0 Å². The Morgan fingerprint density at radius 1 is 0.862 bits per heavy atom. The topological polar surface area (TPSA) is 136 Å². The summed E-state index contributed by atoms with van der Waals surface area (Å²) in [6, 6.07) is -1.44. The van der Waals surface area contributed by atoms with Gasteiger partial charge < -0.3 is 35.3 Å². The summed E-state index contributed by atoms with van der Waals surface area (Å²) in [5.74, 6) is 0. The molecule has 0 aromatic heterocycles. The first-order valence-corrected chi connectivity index (χ1v) is 11.0. The van der Waals surface area contributed by atoms with Gasteiger partial charge in [-0.1, -0.05) is 77.6 Å². The fourth-order valence-corrected chi connectivity index (χ4v) is 3.03. The van der Waals surface area contributed by atoms with Crippen LogP contribution in [-0.4, -0.2) is 70.4 Å². The first-order valence-electron chi connectivity index (χ1n) is 11.0. The molecule has 0 aliphatic rings. The highest BCUT2D eigenvalue weighted by Crippen LogP contribution is 2.12. The number of ether oxygens (including phenoxy) is 1. The first-order chi connectivity index (χ1) is 14.0. The molecule has 4 atom stereocenters. The minimum Gasteiger partial charge on any atom is -0.450 e. The van der Waals surface area contributed by atoms with Crippen molar-refractivity contribution in [3.05, 3.63) is 0 Å². The van der Waals surface area contributed by atoms with E-state index in [0.29, 0.717) is 6.42 Å². The van der Waals surface area contributed by atoms with Gasteiger partial charge in [0.15, 0.2) is 0 Å². The Kier molecular flexibility index (Phi) is 18.0. The zero-order valence-electron chi connectivity index (χ0n) is 17.8. The first kappa shape index (κ1) is 27.8. The summed E-state index contributed by atoms with van der Waals surface area (Å²) in [6.07, 6.45) is 8.59. The molecule has 8 heteroatoms. The van der Waals surface area contributed by atoms with Crippen LogP contribution in [0.2, 0.25) is 0 Å². The van der Waals surface area contributed by atoms with Crippen molar-refractivity contribution in [1.82, 2.24) is 5.32 Å². The lowest BCUT2D eigenvalue weighted by Crippen LogP contribution is -2.53. The van der Waals surface area contributed by atoms with E-state index in [2.05, 4.69) is 12.2 Å². The second-order valence-electron chi connectivity index (χ2n) is 7.56. The Labute approximate surface area is 174 Å². The lowest BCUT2D eigenvalue weighted by Gasteiger charge is -2.25. The van der Waals surface area contributed by atoms with Gasteiger partial charge in [-0.2, -0.15) is 0 Å². The monoisotopic (exact) mass is 419 g/mol. The Hall–Kier alpha value is -1.22. The Balaban J connectivity index is 3.69. The van der Waals surface area contributed by atoms with Gasteiger partial charge in [0.1, 0.15) is 30.6 Å². The Bertz CT molecular complexity index is 408. The molecular weight excluding hydrogens is 378 g/mol. The van der Waals surface area contributed by atoms with Gasteiger partial charge in [0.05, 0.1) is 13.2 Å². The highest BCUT2D eigenvalue weighted by atomic mass is 16.5. The number of hydrogen-bond donors (Lipinski definition) is 5. The molecule has 0 radical (unpaired) electrons. The van der Waals surface area contributed by atoms with E-state index in [-0.39, 0.29) is 12.9 Å². The van der Waals surface area contributed by atoms with Crippen LogP contribution in [0.4, 0.5) is 4.79 Å². The number of amides is 1. The van der Waals surface area contributed by atoms with Gasteiger partial charge in [-0.05, 0) is 6.42 Å². The number of alkyl carbamates (subject to hydrolysis) is 1. The maximum Gasteiger partial charge on any atom is 0.407 e. The molecule has 0 fully saturated rings. The van der Waals surface area contributed by atoms with Crippen molar-refractivity contribution in [2.24, 2.45) is 0 Å². The number of aldehydes is 1. The van der Waals surface area contributed by atoms with Crippen LogP contribution in [-0.2, 0) is 9.53 Å². The van der Waals surface area contributed by atoms with E-state index < -0.39 is 37.1 Å². The number of rotatable bonds is 19. The maximum absolute atomic E-state index is 11.7. The van der Waals surface area contributed by atoms with Crippen molar-refractivity contribution < 1.29 is 34.8 Å². The Morgan fingerprint density at radius 2 is 1.34 bits per heavy atom. The summed E-state index contributed by atoms with van der Waals surface area (Å²) in [6.45, 7) is 1.64. The standard InChI is InChI=1S/C21H41NO7/c1-2-3-4-5-6-7-8-9-10-11-12-13-14-29-21(28)22-17(15-23)19(26)20(27)18(25)16-24/h15,17-20,24-27H,2-14,16H2,1H3,(H,22,28)/t17-,18+,19+,20+/m0/s1. The van der Waals surface area contributed by atoms with Gasteiger partial charge in [-0.3, -0.25) is 0 Å². The zero-order valence-corrected chi connectivity index (χ0v) is 17.8. The summed E-state index contributed by atoms with van der Waals surface area (Å²) >= 11 is 0. The lowest BCUT2D eigenvalue weighted by atomic mass is 10.0. The van der Waals surface area contributed by atoms with Crippen LogP contribution in [0.5, 0.6) is 0 Å². The van der Waals surface area contributed by atoms with Crippen LogP contribution >= 0.6 is 0 Å². The van der Waals surface area contributed by atoms with Crippen LogP contribution in [0.1, 0.15) is 84.0 Å². The molecular formula is C21H41NO7. The van der Waals surface area contributed by atoms with E-state index in [1.807, 2.05) is 0 Å². The molecule has 0 aromatic carbocycles. The van der Waals surface area contributed by atoms with Gasteiger partial charge >= 0.3 is 6.09 Å². The van der Waals surface area contributed by atoms with E-state index in [1.54, 1.807) is 0 Å². The normalized spacial score (nSPS) is 15.3. The molecule has 8 nitrogen and oxygen atoms in total. The number of carbonyl (C=O) groups is 2. The molecule has 1 amide bonds. The average molecular weight is 420 g/mol. The predicted molar refractivity (Wildman–Crippen MR) is 111 cm³/mol. The summed E-state index contributed by atoms with van der Waals surface area (Å²) in [5, 5.41) is 39.6. The number of aliphatic hydroxyl groups excluding tert-OH is 4. The number of aliphatic hydroxyl groups is 4. The predicted octanol–water partition coefficient (Wildman–Crippen LogP) is 2.06. The third-order valence-corrected chi connectivity index (χ3v) is 4.96. The quantitative estimate of drug-likeness (QED) is 0.160. The molecule has 5 N–H and O–H groups in total. The smallest absolute Gasteiger partial charge is 0.407 e. The number of carbonyl (C=O) groups excluding carboxylic acids is 2. The minimum atomic E-state index is -1.77. The average Bonchev–Trinajstić information content (AvgIpc) is 2.73. The van der Waals surface area contributed by atoms with E-state index in [4.69, 9.17) is 9.84 Å². The van der Waals surface area contributed by atoms with Crippen LogP contribution in [0.15, 0.2) is 0 Å². The van der Waals surface area contributed by atoms with Gasteiger partial charge in [-0.15, -0.1) is 0 Å². The van der Waals surface area contributed by atoms with E-state index >= 15 is 0 Å². The Morgan fingerprint density at radius 3 is 1.79 bits per heavy atom. The van der Waals surface area contributed by atoms with Gasteiger partial charge in [-0.25, -0.2) is 4.79 Å². The summed E-state index contributed by atoms with van der Waals surface area (Å²) in [4.78, 5) is 22.7. The van der Waals surface area contributed by atoms with Gasteiger partial charge in [0.2, 0.25) is 0 Å². The largest absolute Gasteiger partial charge is 0.450 e. The van der Waals surface area contributed by atoms with E-state index in [0.717, 1.165) is 12.8 Å². The molecule has 0 saturated heterocycles. The fourth-order valence-electron chi connectivity index (χ4n) is 3.03. The lowest BCUT2D eigenvalue weighted by molar-refractivity contribution is -0.120. The second kappa shape index (κ2) is 18.8. The van der Waals surface area contributed by atoms with Crippen molar-refractivity contribution in [3.8, 4) is 0 Å². The molecule has 0 aromatic rings. The SMILES string of the molecule is CCCCCCCCCCCCCCOC(=O)N[C@@H](C=O)[C@@H](O)[C@H](O)[C@H](O)CO. The number of nitrogens with one attached hydrogen (secondary N) is 1. The minimum absolute atomic E-state index is 0.201.